The van der Waals surface area contributed by atoms with E-state index in [1.807, 2.05) is 47.0 Å². The smallest absolute Gasteiger partial charge is 0.333 e. The number of amides is 2. The number of hydrogen-bond donors (Lipinski definition) is 3. The zero-order valence-electron chi connectivity index (χ0n) is 16.9. The Morgan fingerprint density at radius 1 is 1.17 bits per heavy atom. The SMILES string of the molecule is CNNC(=O)Nc1ccc(-n2cnc3cc(OCCN4CCOCC4)ccc32)cc1. The number of carbonyl (C=O) groups excluding carboxylic acids is 1. The molecule has 3 aromatic rings. The Bertz CT molecular complexity index is 982. The van der Waals surface area contributed by atoms with E-state index in [-0.39, 0.29) is 6.03 Å². The third kappa shape index (κ3) is 4.88. The third-order valence-corrected chi connectivity index (χ3v) is 4.94. The monoisotopic (exact) mass is 410 g/mol. The fraction of sp³-hybridized carbons (Fsp3) is 0.333. The van der Waals surface area contributed by atoms with Gasteiger partial charge in [0.1, 0.15) is 18.7 Å². The molecule has 9 nitrogen and oxygen atoms in total. The number of rotatable bonds is 7. The van der Waals surface area contributed by atoms with E-state index in [0.29, 0.717) is 12.3 Å². The van der Waals surface area contributed by atoms with Gasteiger partial charge in [-0.3, -0.25) is 14.9 Å². The molecule has 2 heterocycles. The maximum Gasteiger partial charge on any atom is 0.333 e. The number of morpholine rings is 1. The standard InChI is InChI=1S/C21H26N6O3/c1-22-25-21(28)24-16-2-4-17(5-3-16)27-15-23-19-14-18(6-7-20(19)27)30-13-10-26-8-11-29-12-9-26/h2-7,14-15,22H,8-13H2,1H3,(H2,24,25,28). The molecule has 3 N–H and O–H groups in total. The first-order valence-electron chi connectivity index (χ1n) is 9.97. The molecule has 1 aliphatic heterocycles. The molecule has 9 heteroatoms. The quantitative estimate of drug-likeness (QED) is 0.516. The fourth-order valence-corrected chi connectivity index (χ4v) is 3.39. The first kappa shape index (κ1) is 20.1. The highest BCUT2D eigenvalue weighted by Crippen LogP contribution is 2.23. The first-order valence-corrected chi connectivity index (χ1v) is 9.97. The van der Waals surface area contributed by atoms with Crippen LogP contribution in [0.25, 0.3) is 16.7 Å². The largest absolute Gasteiger partial charge is 0.492 e. The Kier molecular flexibility index (Phi) is 6.43. The molecular weight excluding hydrogens is 384 g/mol. The number of nitrogens with zero attached hydrogens (tertiary/aromatic N) is 3. The Labute approximate surface area is 174 Å². The van der Waals surface area contributed by atoms with Gasteiger partial charge in [-0.2, -0.15) is 0 Å². The average Bonchev–Trinajstić information content (AvgIpc) is 3.18. The molecule has 0 atom stereocenters. The molecule has 30 heavy (non-hydrogen) atoms. The van der Waals surface area contributed by atoms with E-state index in [0.717, 1.165) is 55.3 Å². The van der Waals surface area contributed by atoms with Crippen molar-refractivity contribution in [2.75, 3.05) is 51.8 Å². The second kappa shape index (κ2) is 9.57. The van der Waals surface area contributed by atoms with Crippen LogP contribution in [0.4, 0.5) is 10.5 Å². The Morgan fingerprint density at radius 2 is 1.97 bits per heavy atom. The van der Waals surface area contributed by atoms with E-state index in [1.54, 1.807) is 13.4 Å². The first-order chi connectivity index (χ1) is 14.7. The fourth-order valence-electron chi connectivity index (χ4n) is 3.39. The minimum Gasteiger partial charge on any atom is -0.492 e. The van der Waals surface area contributed by atoms with Gasteiger partial charge in [-0.25, -0.2) is 15.2 Å². The van der Waals surface area contributed by atoms with Gasteiger partial charge in [0, 0.05) is 44.1 Å². The van der Waals surface area contributed by atoms with Crippen LogP contribution < -0.4 is 20.9 Å². The predicted octanol–water partition coefficient (Wildman–Crippen LogP) is 1.99. The molecule has 158 valence electrons. The molecule has 1 aromatic heterocycles. The zero-order chi connectivity index (χ0) is 20.8. The molecule has 0 aliphatic carbocycles. The van der Waals surface area contributed by atoms with Gasteiger partial charge in [0.25, 0.3) is 0 Å². The lowest BCUT2D eigenvalue weighted by Crippen LogP contribution is -2.38. The van der Waals surface area contributed by atoms with Crippen LogP contribution in [0, 0.1) is 0 Å². The Balaban J connectivity index is 1.40. The van der Waals surface area contributed by atoms with Gasteiger partial charge in [-0.15, -0.1) is 0 Å². The number of hydrogen-bond acceptors (Lipinski definition) is 6. The number of urea groups is 1. The minimum absolute atomic E-state index is 0.320. The van der Waals surface area contributed by atoms with E-state index in [4.69, 9.17) is 9.47 Å². The normalized spacial score (nSPS) is 14.6. The summed E-state index contributed by atoms with van der Waals surface area (Å²) in [4.78, 5) is 18.4. The average molecular weight is 410 g/mol. The topological polar surface area (TPSA) is 92.7 Å². The van der Waals surface area contributed by atoms with Crippen molar-refractivity contribution in [1.29, 1.82) is 0 Å². The summed E-state index contributed by atoms with van der Waals surface area (Å²) in [6, 6.07) is 13.2. The second-order valence-electron chi connectivity index (χ2n) is 6.94. The summed E-state index contributed by atoms with van der Waals surface area (Å²) in [6.07, 6.45) is 1.79. The second-order valence-corrected chi connectivity index (χ2v) is 6.94. The van der Waals surface area contributed by atoms with E-state index in [9.17, 15) is 4.79 Å². The highest BCUT2D eigenvalue weighted by atomic mass is 16.5. The highest BCUT2D eigenvalue weighted by molar-refractivity contribution is 5.89. The van der Waals surface area contributed by atoms with Crippen molar-refractivity contribution < 1.29 is 14.3 Å². The number of imidazole rings is 1. The van der Waals surface area contributed by atoms with Crippen LogP contribution in [0.5, 0.6) is 5.75 Å². The van der Waals surface area contributed by atoms with Crippen LogP contribution in [-0.2, 0) is 4.74 Å². The van der Waals surface area contributed by atoms with Gasteiger partial charge in [0.2, 0.25) is 0 Å². The highest BCUT2D eigenvalue weighted by Gasteiger charge is 2.11. The molecule has 2 amide bonds. The number of fused-ring (bicyclic) bond motifs is 1. The lowest BCUT2D eigenvalue weighted by molar-refractivity contribution is 0.0322. The Hall–Kier alpha value is -3.14. The molecule has 0 unspecified atom stereocenters. The number of ether oxygens (including phenoxy) is 2. The van der Waals surface area contributed by atoms with Crippen LogP contribution in [-0.4, -0.2) is 67.0 Å². The van der Waals surface area contributed by atoms with E-state index < -0.39 is 0 Å². The summed E-state index contributed by atoms with van der Waals surface area (Å²) in [6.45, 7) is 5.04. The summed E-state index contributed by atoms with van der Waals surface area (Å²) >= 11 is 0. The van der Waals surface area contributed by atoms with Crippen LogP contribution in [0.2, 0.25) is 0 Å². The molecule has 1 saturated heterocycles. The number of benzene rings is 2. The van der Waals surface area contributed by atoms with Gasteiger partial charge >= 0.3 is 6.03 Å². The number of aromatic nitrogens is 2. The lowest BCUT2D eigenvalue weighted by Gasteiger charge is -2.26. The van der Waals surface area contributed by atoms with E-state index in [2.05, 4.69) is 26.1 Å². The van der Waals surface area contributed by atoms with Gasteiger partial charge in [-0.05, 0) is 36.4 Å². The minimum atomic E-state index is -0.320. The van der Waals surface area contributed by atoms with Crippen molar-refractivity contribution in [3.8, 4) is 11.4 Å². The summed E-state index contributed by atoms with van der Waals surface area (Å²) in [7, 11) is 1.63. The van der Waals surface area contributed by atoms with Crippen molar-refractivity contribution in [1.82, 2.24) is 25.3 Å². The molecule has 0 bridgehead atoms. The van der Waals surface area contributed by atoms with Crippen LogP contribution in [0.1, 0.15) is 0 Å². The summed E-state index contributed by atoms with van der Waals surface area (Å²) in [5, 5.41) is 2.74. The molecular formula is C21H26N6O3. The maximum absolute atomic E-state index is 11.6. The molecule has 0 saturated carbocycles. The number of hydrazine groups is 1. The van der Waals surface area contributed by atoms with Gasteiger partial charge < -0.3 is 14.8 Å². The molecule has 0 spiro atoms. The molecule has 0 radical (unpaired) electrons. The number of carbonyl (C=O) groups is 1. The van der Waals surface area contributed by atoms with Crippen LogP contribution in [0.15, 0.2) is 48.8 Å². The third-order valence-electron chi connectivity index (χ3n) is 4.94. The van der Waals surface area contributed by atoms with Crippen molar-refractivity contribution in [3.05, 3.63) is 48.8 Å². The van der Waals surface area contributed by atoms with Gasteiger partial charge in [-0.1, -0.05) is 0 Å². The van der Waals surface area contributed by atoms with Crippen LogP contribution >= 0.6 is 0 Å². The summed E-state index contributed by atoms with van der Waals surface area (Å²) in [5.41, 5.74) is 8.56. The zero-order valence-corrected chi connectivity index (χ0v) is 16.9. The van der Waals surface area contributed by atoms with Crippen molar-refractivity contribution in [2.24, 2.45) is 0 Å². The molecule has 2 aromatic carbocycles. The Morgan fingerprint density at radius 3 is 2.73 bits per heavy atom. The van der Waals surface area contributed by atoms with Crippen molar-refractivity contribution in [3.63, 3.8) is 0 Å². The lowest BCUT2D eigenvalue weighted by atomic mass is 10.2. The van der Waals surface area contributed by atoms with Crippen LogP contribution in [0.3, 0.4) is 0 Å². The van der Waals surface area contributed by atoms with E-state index in [1.165, 1.54) is 0 Å². The van der Waals surface area contributed by atoms with E-state index >= 15 is 0 Å². The molecule has 1 fully saturated rings. The van der Waals surface area contributed by atoms with Crippen molar-refractivity contribution in [2.45, 2.75) is 0 Å². The number of nitrogens with one attached hydrogen (secondary N) is 3. The van der Waals surface area contributed by atoms with Gasteiger partial charge in [0.05, 0.1) is 24.2 Å². The molecule has 4 rings (SSSR count). The summed E-state index contributed by atoms with van der Waals surface area (Å²) in [5.74, 6) is 0.816. The van der Waals surface area contributed by atoms with Gasteiger partial charge in [0.15, 0.2) is 0 Å². The summed E-state index contributed by atoms with van der Waals surface area (Å²) < 4.78 is 13.3. The van der Waals surface area contributed by atoms with Crippen molar-refractivity contribution >= 4 is 22.8 Å². The predicted molar refractivity (Wildman–Crippen MR) is 115 cm³/mol. The number of anilines is 1. The maximum atomic E-state index is 11.6. The molecule has 1 aliphatic rings.